The number of rotatable bonds is 6. The van der Waals surface area contributed by atoms with Gasteiger partial charge in [-0.3, -0.25) is 14.4 Å². The normalized spacial score (nSPS) is 21.2. The van der Waals surface area contributed by atoms with Crippen LogP contribution < -0.4 is 27.3 Å². The van der Waals surface area contributed by atoms with Crippen molar-refractivity contribution in [2.75, 3.05) is 18.8 Å². The molecule has 1 aliphatic heterocycles. The largest absolute Gasteiger partial charge is 0.457 e. The minimum Gasteiger partial charge on any atom is -0.457 e. The number of amides is 2. The van der Waals surface area contributed by atoms with Crippen LogP contribution in [0.15, 0.2) is 73.3 Å². The van der Waals surface area contributed by atoms with Gasteiger partial charge in [0.05, 0.1) is 21.2 Å². The number of hydrogen-bond acceptors (Lipinski definition) is 8. The Hall–Kier alpha value is -4.72. The number of anilines is 1. The van der Waals surface area contributed by atoms with Crippen LogP contribution in [-0.2, 0) is 21.3 Å². The Labute approximate surface area is 259 Å². The van der Waals surface area contributed by atoms with Gasteiger partial charge >= 0.3 is 6.18 Å². The molecule has 7 N–H and O–H groups in total. The molecule has 2 amide bonds. The summed E-state index contributed by atoms with van der Waals surface area (Å²) in [6.45, 7) is 4.18. The van der Waals surface area contributed by atoms with E-state index in [2.05, 4.69) is 11.9 Å². The number of hydrogen-bond donors (Lipinski definition) is 4. The fourth-order valence-electron chi connectivity index (χ4n) is 6.08. The quantitative estimate of drug-likeness (QED) is 0.178. The van der Waals surface area contributed by atoms with Crippen molar-refractivity contribution in [3.05, 3.63) is 100 Å². The molecule has 232 valence electrons. The van der Waals surface area contributed by atoms with Crippen molar-refractivity contribution < 1.29 is 32.3 Å². The van der Waals surface area contributed by atoms with Gasteiger partial charge in [0.1, 0.15) is 17.0 Å². The number of ketones is 1. The highest BCUT2D eigenvalue weighted by molar-refractivity contribution is 7.21. The molecule has 4 aromatic rings. The summed E-state index contributed by atoms with van der Waals surface area (Å²) in [5.41, 5.74) is 15.9. The fourth-order valence-corrected chi connectivity index (χ4v) is 7.28. The number of nitrogen functional groups attached to an aromatic ring is 1. The second-order valence-corrected chi connectivity index (χ2v) is 12.0. The number of ether oxygens (including phenoxy) is 1. The van der Waals surface area contributed by atoms with E-state index in [1.807, 2.05) is 0 Å². The third-order valence-corrected chi connectivity index (χ3v) is 9.48. The second kappa shape index (κ2) is 11.0. The molecular formula is C32H28F3N5O4S. The molecule has 1 fully saturated rings. The van der Waals surface area contributed by atoms with E-state index in [0.717, 1.165) is 23.5 Å². The number of carbonyl (C=O) groups excluding carboxylic acids is 3. The lowest BCUT2D eigenvalue weighted by Gasteiger charge is -2.38. The van der Waals surface area contributed by atoms with Crippen LogP contribution in [0.3, 0.4) is 0 Å². The van der Waals surface area contributed by atoms with Gasteiger partial charge in [-0.1, -0.05) is 36.9 Å². The van der Waals surface area contributed by atoms with Crippen molar-refractivity contribution in [2.45, 2.75) is 30.2 Å². The van der Waals surface area contributed by atoms with Crippen LogP contribution in [0, 0.1) is 0 Å². The predicted octanol–water partition coefficient (Wildman–Crippen LogP) is 4.60. The number of benzene rings is 3. The van der Waals surface area contributed by atoms with Crippen molar-refractivity contribution in [1.82, 2.24) is 10.2 Å². The van der Waals surface area contributed by atoms with Gasteiger partial charge < -0.3 is 32.2 Å². The highest BCUT2D eigenvalue weighted by Gasteiger charge is 2.52. The maximum Gasteiger partial charge on any atom is 0.416 e. The minimum atomic E-state index is -4.92. The molecule has 3 atom stereocenters. The summed E-state index contributed by atoms with van der Waals surface area (Å²) in [5.74, 6) is -1.50. The number of Topliss-reactive ketones (excluding diaryl/α,β-unsaturated/α-hetero) is 1. The number of thiophene rings is 1. The zero-order valence-electron chi connectivity index (χ0n) is 23.7. The van der Waals surface area contributed by atoms with Crippen molar-refractivity contribution in [3.8, 4) is 11.5 Å². The number of nitrogens with zero attached hydrogens (tertiary/aromatic N) is 1. The average Bonchev–Trinajstić information content (AvgIpc) is 3.65. The molecule has 0 bridgehead atoms. The monoisotopic (exact) mass is 635 g/mol. The molecule has 0 radical (unpaired) electrons. The summed E-state index contributed by atoms with van der Waals surface area (Å²) >= 11 is 0.984. The van der Waals surface area contributed by atoms with Crippen LogP contribution in [0.4, 0.5) is 18.9 Å². The summed E-state index contributed by atoms with van der Waals surface area (Å²) in [6, 6.07) is 12.5. The smallest absolute Gasteiger partial charge is 0.416 e. The first-order chi connectivity index (χ1) is 21.3. The van der Waals surface area contributed by atoms with Gasteiger partial charge in [-0.15, -0.1) is 11.3 Å². The van der Waals surface area contributed by atoms with Gasteiger partial charge in [0.2, 0.25) is 5.91 Å². The van der Waals surface area contributed by atoms with Crippen molar-refractivity contribution in [3.63, 3.8) is 0 Å². The van der Waals surface area contributed by atoms with Crippen molar-refractivity contribution in [1.29, 1.82) is 0 Å². The summed E-state index contributed by atoms with van der Waals surface area (Å²) in [7, 11) is 0. The van der Waals surface area contributed by atoms with E-state index in [9.17, 15) is 27.6 Å². The Bertz CT molecular complexity index is 1880. The molecule has 3 aromatic carbocycles. The molecule has 45 heavy (non-hydrogen) atoms. The van der Waals surface area contributed by atoms with Gasteiger partial charge in [0, 0.05) is 35.8 Å². The fraction of sp³-hybridized carbons (Fsp3) is 0.219. The Morgan fingerprint density at radius 3 is 2.49 bits per heavy atom. The Morgan fingerprint density at radius 2 is 1.80 bits per heavy atom. The summed E-state index contributed by atoms with van der Waals surface area (Å²) in [5, 5.41) is 3.16. The standard InChI is InChI=1S/C32H28F3N5O4S/c1-2-23(41)40-13-12-16(15-40)39-30(43)28-25-24-20(10-11-22(36)27(24)45-28)31(38,29(42)26(25)37)19-9-8-18(14-21(19)32(33,34)35)44-17-6-4-3-5-7-17/h2-11,14,16,26H,1,12-13,15,36-38H2,(H,39,43). The number of para-hydroxylation sites is 1. The number of nitrogens with one attached hydrogen (secondary N) is 1. The van der Waals surface area contributed by atoms with E-state index in [-0.39, 0.29) is 51.3 Å². The third-order valence-electron chi connectivity index (χ3n) is 8.23. The highest BCUT2D eigenvalue weighted by atomic mass is 32.1. The molecule has 1 saturated heterocycles. The zero-order valence-corrected chi connectivity index (χ0v) is 24.5. The number of alkyl halides is 3. The maximum atomic E-state index is 14.6. The van der Waals surface area contributed by atoms with Crippen molar-refractivity contribution in [2.24, 2.45) is 11.5 Å². The first-order valence-corrected chi connectivity index (χ1v) is 14.8. The first-order valence-electron chi connectivity index (χ1n) is 14.0. The lowest BCUT2D eigenvalue weighted by molar-refractivity contribution is -0.139. The van der Waals surface area contributed by atoms with E-state index >= 15 is 0 Å². The van der Waals surface area contributed by atoms with Crippen molar-refractivity contribution >= 4 is 44.7 Å². The highest BCUT2D eigenvalue weighted by Crippen LogP contribution is 2.51. The van der Waals surface area contributed by atoms with Gasteiger partial charge in [0.25, 0.3) is 5.91 Å². The minimum absolute atomic E-state index is 0.0505. The molecule has 6 rings (SSSR count). The Kier molecular flexibility index (Phi) is 7.42. The molecule has 3 unspecified atom stereocenters. The van der Waals surface area contributed by atoms with E-state index in [1.54, 1.807) is 35.2 Å². The van der Waals surface area contributed by atoms with Crippen LogP contribution in [-0.4, -0.2) is 41.6 Å². The Balaban J connectivity index is 1.45. The number of halogens is 3. The van der Waals surface area contributed by atoms with Gasteiger partial charge in [-0.05, 0) is 54.0 Å². The zero-order chi connectivity index (χ0) is 32.3. The van der Waals surface area contributed by atoms with E-state index in [4.69, 9.17) is 21.9 Å². The van der Waals surface area contributed by atoms with Crippen LogP contribution >= 0.6 is 11.3 Å². The van der Waals surface area contributed by atoms with Crippen LogP contribution in [0.5, 0.6) is 11.5 Å². The third kappa shape index (κ3) is 5.02. The number of carbonyl (C=O) groups is 3. The van der Waals surface area contributed by atoms with Gasteiger partial charge in [0.15, 0.2) is 5.78 Å². The predicted molar refractivity (Wildman–Crippen MR) is 164 cm³/mol. The molecule has 0 spiro atoms. The van der Waals surface area contributed by atoms with E-state index in [1.165, 1.54) is 24.3 Å². The summed E-state index contributed by atoms with van der Waals surface area (Å²) in [4.78, 5) is 41.3. The molecule has 9 nitrogen and oxygen atoms in total. The molecular weight excluding hydrogens is 607 g/mol. The van der Waals surface area contributed by atoms with Gasteiger partial charge in [-0.25, -0.2) is 0 Å². The average molecular weight is 636 g/mol. The summed E-state index contributed by atoms with van der Waals surface area (Å²) < 4.78 is 49.9. The van der Waals surface area contributed by atoms with Gasteiger partial charge in [-0.2, -0.15) is 13.2 Å². The van der Waals surface area contributed by atoms with E-state index in [0.29, 0.717) is 23.4 Å². The lowest BCUT2D eigenvalue weighted by atomic mass is 9.69. The number of nitrogens with two attached hydrogens (primary N) is 3. The molecule has 1 aromatic heterocycles. The lowest BCUT2D eigenvalue weighted by Crippen LogP contribution is -2.53. The molecule has 2 heterocycles. The van der Waals surface area contributed by atoms with Crippen LogP contribution in [0.25, 0.3) is 10.1 Å². The van der Waals surface area contributed by atoms with Crippen LogP contribution in [0.1, 0.15) is 44.4 Å². The molecule has 1 aliphatic carbocycles. The molecule has 2 aliphatic rings. The maximum absolute atomic E-state index is 14.6. The van der Waals surface area contributed by atoms with E-state index < -0.39 is 40.6 Å². The first kappa shape index (κ1) is 30.3. The summed E-state index contributed by atoms with van der Waals surface area (Å²) in [6.07, 6.45) is -3.22. The SMILES string of the molecule is C=CC(=O)N1CCC(NC(=O)c2sc3c(N)ccc4c3c2C(N)C(=O)C4(N)c2ccc(Oc3ccccc3)cc2C(F)(F)F)C1. The molecule has 0 saturated carbocycles. The number of likely N-dealkylation sites (tertiary alicyclic amines) is 1. The second-order valence-electron chi connectivity index (χ2n) is 11.0. The van der Waals surface area contributed by atoms with Crippen LogP contribution in [0.2, 0.25) is 0 Å². The Morgan fingerprint density at radius 1 is 1.09 bits per heavy atom. The molecule has 13 heteroatoms. The topological polar surface area (TPSA) is 154 Å².